The highest BCUT2D eigenvalue weighted by Crippen LogP contribution is 2.23. The van der Waals surface area contributed by atoms with Gasteiger partial charge in [0, 0.05) is 13.3 Å². The van der Waals surface area contributed by atoms with E-state index in [1.807, 2.05) is 0 Å². The summed E-state index contributed by atoms with van der Waals surface area (Å²) in [5.74, 6) is -1.44. The third-order valence-corrected chi connectivity index (χ3v) is 3.75. The summed E-state index contributed by atoms with van der Waals surface area (Å²) in [6.45, 7) is 10.3. The van der Waals surface area contributed by atoms with E-state index in [2.05, 4.69) is 50.5 Å². The van der Waals surface area contributed by atoms with Gasteiger partial charge in [0.05, 0.1) is 22.7 Å². The van der Waals surface area contributed by atoms with Crippen LogP contribution >= 0.6 is 27.5 Å². The average molecular weight is 408 g/mol. The Hall–Kier alpha value is -1.57. The largest absolute Gasteiger partial charge is 0.464 e. The second kappa shape index (κ2) is 11.0. The summed E-state index contributed by atoms with van der Waals surface area (Å²) in [7, 11) is 2.49. The summed E-state index contributed by atoms with van der Waals surface area (Å²) in [6.07, 6.45) is 2.41. The third kappa shape index (κ3) is 6.60. The van der Waals surface area contributed by atoms with Gasteiger partial charge in [-0.1, -0.05) is 12.7 Å². The number of nitrogens with zero attached hydrogens (tertiary/aromatic N) is 2. The molecule has 0 aromatic carbocycles. The minimum Gasteiger partial charge on any atom is -0.464 e. The van der Waals surface area contributed by atoms with Crippen LogP contribution in [0.1, 0.15) is 0 Å². The van der Waals surface area contributed by atoms with E-state index in [1.165, 1.54) is 20.3 Å². The number of hydrogen-bond acceptors (Lipinski definition) is 5. The lowest BCUT2D eigenvalue weighted by Gasteiger charge is -2.15. The highest BCUT2D eigenvalue weighted by atomic mass is 79.9. The van der Waals surface area contributed by atoms with Crippen LogP contribution in [0.3, 0.4) is 0 Å². The molecule has 0 aliphatic heterocycles. The van der Waals surface area contributed by atoms with Gasteiger partial charge in [0.1, 0.15) is 11.9 Å². The molecule has 0 saturated carbocycles. The summed E-state index contributed by atoms with van der Waals surface area (Å²) in [6, 6.07) is 0. The molecule has 0 rings (SSSR count). The third-order valence-electron chi connectivity index (χ3n) is 2.51. The minimum absolute atomic E-state index is 0.144. The van der Waals surface area contributed by atoms with Crippen LogP contribution in [-0.2, 0) is 14.3 Å². The maximum absolute atomic E-state index is 14.0. The van der Waals surface area contributed by atoms with Crippen LogP contribution in [0.15, 0.2) is 57.0 Å². The first-order valence-corrected chi connectivity index (χ1v) is 7.40. The maximum Gasteiger partial charge on any atom is 0.357 e. The number of ether oxygens (including phenoxy) is 2. The molecule has 0 N–H and O–H groups in total. The standard InChI is InChI=1S/C15H17BrClFN2O3/c1-6-10(17)14(22-4)11(18)7-8-20-13(15(21)23-5)12(16)9(2)19-3/h6-8,10,14H,1-3H2,4-5H3/b11-7-,13-12+,20-8+. The number of alkyl halides is 1. The zero-order valence-electron chi connectivity index (χ0n) is 12.8. The summed E-state index contributed by atoms with van der Waals surface area (Å²) >= 11 is 8.98. The van der Waals surface area contributed by atoms with Crippen LogP contribution in [0.4, 0.5) is 4.39 Å². The number of carbonyl (C=O) groups is 1. The molecule has 0 aliphatic carbocycles. The van der Waals surface area contributed by atoms with E-state index in [0.29, 0.717) is 0 Å². The number of rotatable bonds is 9. The molecular weight excluding hydrogens is 391 g/mol. The molecule has 5 nitrogen and oxygen atoms in total. The second-order valence-corrected chi connectivity index (χ2v) is 5.22. The molecule has 0 amide bonds. The zero-order chi connectivity index (χ0) is 18.0. The van der Waals surface area contributed by atoms with E-state index >= 15 is 0 Å². The average Bonchev–Trinajstić information content (AvgIpc) is 2.56. The summed E-state index contributed by atoms with van der Waals surface area (Å²) in [5, 5.41) is -0.753. The van der Waals surface area contributed by atoms with Crippen molar-refractivity contribution in [3.63, 3.8) is 0 Å². The first-order chi connectivity index (χ1) is 10.8. The molecule has 0 aromatic heterocycles. The van der Waals surface area contributed by atoms with Gasteiger partial charge in [-0.05, 0) is 28.7 Å². The Kier molecular flexibility index (Phi) is 10.3. The SMILES string of the molecule is C=CC(Cl)C(OC)/C(F)=C/C=N/C(C(=O)OC)=C(/Br)C(=C)N=C. The molecule has 0 spiro atoms. The van der Waals surface area contributed by atoms with E-state index < -0.39 is 23.3 Å². The van der Waals surface area contributed by atoms with Crippen LogP contribution in [0, 0.1) is 0 Å². The summed E-state index contributed by atoms with van der Waals surface area (Å²) in [5.41, 5.74) is 0.0308. The van der Waals surface area contributed by atoms with Gasteiger partial charge in [0.15, 0.2) is 5.70 Å². The number of carbonyl (C=O) groups excluding carboxylic acids is 1. The van der Waals surface area contributed by atoms with Crippen molar-refractivity contribution in [2.75, 3.05) is 14.2 Å². The molecule has 2 unspecified atom stereocenters. The molecule has 0 aromatic rings. The van der Waals surface area contributed by atoms with E-state index in [4.69, 9.17) is 16.3 Å². The number of aliphatic imine (C=N–C) groups is 2. The van der Waals surface area contributed by atoms with Crippen LogP contribution in [0.25, 0.3) is 0 Å². The number of esters is 1. The number of hydrogen-bond donors (Lipinski definition) is 0. The Labute approximate surface area is 148 Å². The number of allylic oxidation sites excluding steroid dienone is 2. The predicted molar refractivity (Wildman–Crippen MR) is 95.0 cm³/mol. The monoisotopic (exact) mass is 406 g/mol. The lowest BCUT2D eigenvalue weighted by Crippen LogP contribution is -2.22. The molecule has 2 atom stereocenters. The van der Waals surface area contributed by atoms with E-state index in [1.54, 1.807) is 0 Å². The molecule has 8 heteroatoms. The summed E-state index contributed by atoms with van der Waals surface area (Å²) in [4.78, 5) is 19.1. The molecule has 0 fully saturated rings. The van der Waals surface area contributed by atoms with Gasteiger partial charge < -0.3 is 9.47 Å². The zero-order valence-corrected chi connectivity index (χ0v) is 15.1. The van der Waals surface area contributed by atoms with Gasteiger partial charge in [0.2, 0.25) is 0 Å². The van der Waals surface area contributed by atoms with Gasteiger partial charge in [-0.15, -0.1) is 18.2 Å². The van der Waals surface area contributed by atoms with Gasteiger partial charge in [0.25, 0.3) is 0 Å². The topological polar surface area (TPSA) is 60.2 Å². The number of methoxy groups -OCH3 is 2. The molecule has 0 saturated heterocycles. The molecular formula is C15H17BrClFN2O3. The van der Waals surface area contributed by atoms with Crippen molar-refractivity contribution >= 4 is 46.4 Å². The molecule has 0 heterocycles. The van der Waals surface area contributed by atoms with Crippen molar-refractivity contribution in [3.05, 3.63) is 47.0 Å². The van der Waals surface area contributed by atoms with E-state index in [0.717, 1.165) is 12.3 Å². The van der Waals surface area contributed by atoms with Gasteiger partial charge in [-0.2, -0.15) is 0 Å². The van der Waals surface area contributed by atoms with Crippen molar-refractivity contribution < 1.29 is 18.7 Å². The fourth-order valence-electron chi connectivity index (χ4n) is 1.30. The minimum atomic E-state index is -1.01. The molecule has 0 aliphatic rings. The van der Waals surface area contributed by atoms with Crippen molar-refractivity contribution in [2.45, 2.75) is 11.5 Å². The molecule has 23 heavy (non-hydrogen) atoms. The van der Waals surface area contributed by atoms with Crippen LogP contribution in [0.2, 0.25) is 0 Å². The Morgan fingerprint density at radius 2 is 2.04 bits per heavy atom. The maximum atomic E-state index is 14.0. The van der Waals surface area contributed by atoms with Crippen molar-refractivity contribution in [3.8, 4) is 0 Å². The first kappa shape index (κ1) is 21.4. The fraction of sp³-hybridized carbons (Fsp3) is 0.267. The van der Waals surface area contributed by atoms with Gasteiger partial charge >= 0.3 is 5.97 Å². The first-order valence-electron chi connectivity index (χ1n) is 6.17. The van der Waals surface area contributed by atoms with Crippen LogP contribution < -0.4 is 0 Å². The second-order valence-electron chi connectivity index (χ2n) is 3.93. The quantitative estimate of drug-likeness (QED) is 0.146. The normalized spacial score (nSPS) is 15.6. The van der Waals surface area contributed by atoms with Crippen LogP contribution in [-0.4, -0.2) is 44.6 Å². The number of halogens is 3. The highest BCUT2D eigenvalue weighted by molar-refractivity contribution is 9.12. The van der Waals surface area contributed by atoms with Crippen molar-refractivity contribution in [1.29, 1.82) is 0 Å². The Balaban J connectivity index is 5.53. The molecule has 0 bridgehead atoms. The predicted octanol–water partition coefficient (Wildman–Crippen LogP) is 3.71. The van der Waals surface area contributed by atoms with E-state index in [9.17, 15) is 9.18 Å². The lowest BCUT2D eigenvalue weighted by molar-refractivity contribution is -0.136. The lowest BCUT2D eigenvalue weighted by atomic mass is 10.2. The van der Waals surface area contributed by atoms with Crippen molar-refractivity contribution in [2.24, 2.45) is 9.98 Å². The summed E-state index contributed by atoms with van der Waals surface area (Å²) < 4.78 is 23.7. The Bertz CT molecular complexity index is 573. The van der Waals surface area contributed by atoms with Gasteiger partial charge in [-0.25, -0.2) is 14.2 Å². The fourth-order valence-corrected chi connectivity index (χ4v) is 1.91. The Morgan fingerprint density at radius 3 is 2.48 bits per heavy atom. The highest BCUT2D eigenvalue weighted by Gasteiger charge is 2.20. The van der Waals surface area contributed by atoms with Crippen molar-refractivity contribution in [1.82, 2.24) is 0 Å². The smallest absolute Gasteiger partial charge is 0.357 e. The molecule has 126 valence electrons. The van der Waals surface area contributed by atoms with E-state index in [-0.39, 0.29) is 15.9 Å². The molecule has 0 radical (unpaired) electrons. The Morgan fingerprint density at radius 1 is 1.43 bits per heavy atom. The van der Waals surface area contributed by atoms with Gasteiger partial charge in [-0.3, -0.25) is 4.99 Å². The van der Waals surface area contributed by atoms with Crippen LogP contribution in [0.5, 0.6) is 0 Å².